The summed E-state index contributed by atoms with van der Waals surface area (Å²) in [6, 6.07) is 8.08. The lowest BCUT2D eigenvalue weighted by Gasteiger charge is -2.35. The van der Waals surface area contributed by atoms with Gasteiger partial charge in [-0.3, -0.25) is 14.2 Å². The second kappa shape index (κ2) is 9.26. The summed E-state index contributed by atoms with van der Waals surface area (Å²) in [7, 11) is -2.42. The Balaban J connectivity index is 2.11. The zero-order valence-corrected chi connectivity index (χ0v) is 22.4. The van der Waals surface area contributed by atoms with Crippen molar-refractivity contribution >= 4 is 19.1 Å². The molecule has 0 amide bonds. The Hall–Kier alpha value is -2.12. The van der Waals surface area contributed by atoms with Gasteiger partial charge in [-0.25, -0.2) is 0 Å². The molecule has 0 heterocycles. The molecule has 1 saturated carbocycles. The van der Waals surface area contributed by atoms with E-state index < -0.39 is 13.0 Å². The van der Waals surface area contributed by atoms with Crippen LogP contribution in [0.1, 0.15) is 107 Å². The van der Waals surface area contributed by atoms with Crippen LogP contribution >= 0.6 is 7.80 Å². The van der Waals surface area contributed by atoms with Crippen LogP contribution in [0.25, 0.3) is 0 Å². The third-order valence-corrected chi connectivity index (χ3v) is 9.21. The lowest BCUT2D eigenvalue weighted by atomic mass is 9.80. The van der Waals surface area contributed by atoms with Gasteiger partial charge in [0.05, 0.1) is 0 Å². The molecule has 1 aliphatic rings. The van der Waals surface area contributed by atoms with Gasteiger partial charge in [0, 0.05) is 11.1 Å². The van der Waals surface area contributed by atoms with Gasteiger partial charge in [-0.15, -0.1) is 0 Å². The highest BCUT2D eigenvalue weighted by Gasteiger charge is 2.49. The molecule has 177 valence electrons. The SMILES string of the molecule is Cc1cc(C)c(C(=O)C2([P](=O)C(=O)c3c(C)cc(C(C)(C)C)cc3C)CCCCC2)c(C)c1. The molecular weight excluding hydrogens is 427 g/mol. The van der Waals surface area contributed by atoms with Crippen LogP contribution < -0.4 is 0 Å². The van der Waals surface area contributed by atoms with Gasteiger partial charge in [0.25, 0.3) is 0 Å². The molecule has 3 nitrogen and oxygen atoms in total. The van der Waals surface area contributed by atoms with E-state index in [1.807, 2.05) is 58.9 Å². The van der Waals surface area contributed by atoms with Crippen molar-refractivity contribution < 1.29 is 14.2 Å². The number of rotatable bonds is 5. The van der Waals surface area contributed by atoms with Gasteiger partial charge in [0.15, 0.2) is 13.6 Å². The molecule has 33 heavy (non-hydrogen) atoms. The smallest absolute Gasteiger partial charge is 0.243 e. The van der Waals surface area contributed by atoms with Gasteiger partial charge in [0.1, 0.15) is 5.16 Å². The van der Waals surface area contributed by atoms with Gasteiger partial charge < -0.3 is 0 Å². The van der Waals surface area contributed by atoms with Crippen LogP contribution in [0.4, 0.5) is 0 Å². The third kappa shape index (κ3) is 4.76. The van der Waals surface area contributed by atoms with E-state index in [2.05, 4.69) is 20.8 Å². The van der Waals surface area contributed by atoms with E-state index in [0.717, 1.165) is 52.6 Å². The first-order valence-electron chi connectivity index (χ1n) is 12.1. The molecule has 0 saturated heterocycles. The molecule has 1 atom stereocenters. The van der Waals surface area contributed by atoms with Crippen molar-refractivity contribution in [1.82, 2.24) is 0 Å². The first kappa shape index (κ1) is 25.5. The van der Waals surface area contributed by atoms with Crippen molar-refractivity contribution in [3.05, 3.63) is 68.8 Å². The zero-order valence-electron chi connectivity index (χ0n) is 21.5. The maximum atomic E-state index is 14.1. The fourth-order valence-electron chi connectivity index (χ4n) is 5.46. The summed E-state index contributed by atoms with van der Waals surface area (Å²) in [6.07, 6.45) is 3.68. The molecule has 0 aliphatic heterocycles. The van der Waals surface area contributed by atoms with Crippen LogP contribution in [0.3, 0.4) is 0 Å². The highest BCUT2D eigenvalue weighted by molar-refractivity contribution is 7.67. The number of benzene rings is 2. The quantitative estimate of drug-likeness (QED) is 0.331. The molecular formula is C29H38O3P. The van der Waals surface area contributed by atoms with Crippen LogP contribution in [0, 0.1) is 34.6 Å². The first-order chi connectivity index (χ1) is 15.3. The van der Waals surface area contributed by atoms with E-state index in [1.54, 1.807) is 0 Å². The Morgan fingerprint density at radius 3 is 1.67 bits per heavy atom. The predicted octanol–water partition coefficient (Wildman–Crippen LogP) is 8.08. The maximum Gasteiger partial charge on any atom is 0.243 e. The van der Waals surface area contributed by atoms with E-state index in [1.165, 1.54) is 0 Å². The molecule has 4 heteroatoms. The van der Waals surface area contributed by atoms with Gasteiger partial charge >= 0.3 is 0 Å². The molecule has 1 fully saturated rings. The molecule has 0 bridgehead atoms. The second-order valence-corrected chi connectivity index (χ2v) is 12.9. The summed E-state index contributed by atoms with van der Waals surface area (Å²) in [5, 5.41) is -1.11. The Labute approximate surface area is 200 Å². The van der Waals surface area contributed by atoms with E-state index in [-0.39, 0.29) is 16.7 Å². The number of aryl methyl sites for hydroxylation is 5. The molecule has 0 N–H and O–H groups in total. The number of hydrogen-bond donors (Lipinski definition) is 0. The van der Waals surface area contributed by atoms with Crippen molar-refractivity contribution in [2.75, 3.05) is 0 Å². The molecule has 1 unspecified atom stereocenters. The molecule has 2 aromatic rings. The van der Waals surface area contributed by atoms with Crippen LogP contribution in [-0.4, -0.2) is 16.5 Å². The number of Topliss-reactive ketones (excluding diaryl/α,β-unsaturated/α-hetero) is 1. The lowest BCUT2D eigenvalue weighted by Crippen LogP contribution is -2.39. The van der Waals surface area contributed by atoms with Gasteiger partial charge in [0.2, 0.25) is 5.52 Å². The van der Waals surface area contributed by atoms with E-state index in [4.69, 9.17) is 0 Å². The molecule has 0 spiro atoms. The van der Waals surface area contributed by atoms with Crippen LogP contribution in [0.5, 0.6) is 0 Å². The average Bonchev–Trinajstić information content (AvgIpc) is 2.71. The fraction of sp³-hybridized carbons (Fsp3) is 0.517. The summed E-state index contributed by atoms with van der Waals surface area (Å²) in [5.41, 5.74) is 6.51. The Kier molecular flexibility index (Phi) is 7.16. The fourth-order valence-corrected chi connectivity index (χ4v) is 7.42. The molecule has 1 aliphatic carbocycles. The van der Waals surface area contributed by atoms with Crippen LogP contribution in [-0.2, 0) is 9.98 Å². The highest BCUT2D eigenvalue weighted by Crippen LogP contribution is 2.53. The van der Waals surface area contributed by atoms with Gasteiger partial charge in [-0.2, -0.15) is 0 Å². The molecule has 2 aromatic carbocycles. The average molecular weight is 466 g/mol. The lowest BCUT2D eigenvalue weighted by molar-refractivity contribution is 0.0902. The standard InChI is InChI=1S/C29H38O3P/c1-18-14-19(2)24(20(3)15-18)26(30)29(12-10-9-11-13-29)33(32)27(31)25-21(4)16-23(17-22(25)5)28(6,7)8/h14-17H,9-13H2,1-8H3. The number of carbonyl (C=O) groups excluding carboxylic acids is 2. The number of carbonyl (C=O) groups is 2. The molecule has 1 radical (unpaired) electrons. The predicted molar refractivity (Wildman–Crippen MR) is 137 cm³/mol. The monoisotopic (exact) mass is 465 g/mol. The van der Waals surface area contributed by atoms with Crippen molar-refractivity contribution in [3.63, 3.8) is 0 Å². The van der Waals surface area contributed by atoms with Gasteiger partial charge in [-0.1, -0.05) is 69.9 Å². The highest BCUT2D eigenvalue weighted by atomic mass is 31.1. The topological polar surface area (TPSA) is 51.2 Å². The second-order valence-electron chi connectivity index (χ2n) is 11.0. The maximum absolute atomic E-state index is 14.1. The number of hydrogen-bond acceptors (Lipinski definition) is 3. The third-order valence-electron chi connectivity index (χ3n) is 7.19. The van der Waals surface area contributed by atoms with Crippen molar-refractivity contribution in [2.24, 2.45) is 0 Å². The van der Waals surface area contributed by atoms with Gasteiger partial charge in [-0.05, 0) is 80.7 Å². The Morgan fingerprint density at radius 2 is 1.21 bits per heavy atom. The minimum Gasteiger partial charge on any atom is -0.293 e. The zero-order chi connectivity index (χ0) is 24.7. The number of ketones is 1. The van der Waals surface area contributed by atoms with Crippen molar-refractivity contribution in [1.29, 1.82) is 0 Å². The van der Waals surface area contributed by atoms with Crippen LogP contribution in [0.2, 0.25) is 0 Å². The summed E-state index contributed by atoms with van der Waals surface area (Å²) in [4.78, 5) is 27.8. The normalized spacial score (nSPS) is 16.4. The van der Waals surface area contributed by atoms with E-state index in [9.17, 15) is 14.2 Å². The van der Waals surface area contributed by atoms with E-state index >= 15 is 0 Å². The Morgan fingerprint density at radius 1 is 0.758 bits per heavy atom. The summed E-state index contributed by atoms with van der Waals surface area (Å²) in [5.74, 6) is -0.103. The van der Waals surface area contributed by atoms with Crippen LogP contribution in [0.15, 0.2) is 24.3 Å². The first-order valence-corrected chi connectivity index (χ1v) is 13.3. The summed E-state index contributed by atoms with van der Waals surface area (Å²) in [6.45, 7) is 16.2. The molecule has 3 rings (SSSR count). The minimum absolute atomic E-state index is 0.0413. The Bertz CT molecular complexity index is 1080. The summed E-state index contributed by atoms with van der Waals surface area (Å²) < 4.78 is 14.1. The van der Waals surface area contributed by atoms with Crippen molar-refractivity contribution in [3.8, 4) is 0 Å². The molecule has 0 aromatic heterocycles. The summed E-state index contributed by atoms with van der Waals surface area (Å²) >= 11 is 0. The largest absolute Gasteiger partial charge is 0.293 e. The minimum atomic E-state index is -2.42. The van der Waals surface area contributed by atoms with Crippen molar-refractivity contribution in [2.45, 2.75) is 98.1 Å². The van der Waals surface area contributed by atoms with E-state index in [0.29, 0.717) is 24.0 Å².